The van der Waals surface area contributed by atoms with Crippen LogP contribution in [0.2, 0.25) is 0 Å². The Morgan fingerprint density at radius 1 is 1.44 bits per heavy atom. The van der Waals surface area contributed by atoms with Crippen LogP contribution in [0.1, 0.15) is 39.0 Å². The van der Waals surface area contributed by atoms with E-state index in [2.05, 4.69) is 9.87 Å². The highest BCUT2D eigenvalue weighted by molar-refractivity contribution is 5.60. The molecule has 0 aromatic carbocycles. The molecule has 0 aliphatic carbocycles. The van der Waals surface area contributed by atoms with E-state index in [0.717, 1.165) is 0 Å². The van der Waals surface area contributed by atoms with Gasteiger partial charge in [-0.3, -0.25) is 19.6 Å². The molecule has 25 heavy (non-hydrogen) atoms. The van der Waals surface area contributed by atoms with Crippen LogP contribution >= 0.6 is 0 Å². The Balaban J connectivity index is 2.05. The van der Waals surface area contributed by atoms with Crippen molar-refractivity contribution in [2.75, 3.05) is 6.61 Å². The first kappa shape index (κ1) is 19.2. The molecule has 2 N–H and O–H groups in total. The molecule has 2 rings (SSSR count). The fraction of sp³-hybridized carbons (Fsp3) is 0.667. The summed E-state index contributed by atoms with van der Waals surface area (Å²) in [5.74, 6) is 0. The Morgan fingerprint density at radius 3 is 2.72 bits per heavy atom. The molecule has 3 atom stereocenters. The molecule has 10 nitrogen and oxygen atoms in total. The summed E-state index contributed by atoms with van der Waals surface area (Å²) in [5.41, 5.74) is -1.51. The highest BCUT2D eigenvalue weighted by atomic mass is 17.1. The Morgan fingerprint density at radius 2 is 2.12 bits per heavy atom. The van der Waals surface area contributed by atoms with Crippen molar-refractivity contribution in [3.63, 3.8) is 0 Å². The van der Waals surface area contributed by atoms with E-state index in [0.29, 0.717) is 5.56 Å². The third kappa shape index (κ3) is 4.91. The minimum absolute atomic E-state index is 0.129. The first-order chi connectivity index (χ1) is 11.6. The highest BCUT2D eigenvalue weighted by Crippen LogP contribution is 2.29. The lowest BCUT2D eigenvalue weighted by molar-refractivity contribution is -0.288. The first-order valence-corrected chi connectivity index (χ1v) is 7.74. The van der Waals surface area contributed by atoms with Gasteiger partial charge in [-0.05, 0) is 27.7 Å². The molecule has 1 aliphatic rings. The molecule has 10 heteroatoms. The van der Waals surface area contributed by atoms with Crippen LogP contribution in [-0.2, 0) is 19.1 Å². The van der Waals surface area contributed by atoms with Gasteiger partial charge < -0.3 is 14.2 Å². The molecule has 1 aromatic rings. The summed E-state index contributed by atoms with van der Waals surface area (Å²) in [7, 11) is 0. The number of hydrogen-bond acceptors (Lipinski definition) is 8. The molecule has 0 radical (unpaired) electrons. The second-order valence-corrected chi connectivity index (χ2v) is 6.76. The lowest BCUT2D eigenvalue weighted by Gasteiger charge is -2.21. The molecular weight excluding hydrogens is 336 g/mol. The van der Waals surface area contributed by atoms with Crippen molar-refractivity contribution in [3.8, 4) is 0 Å². The van der Waals surface area contributed by atoms with E-state index in [1.165, 1.54) is 10.8 Å². The topological polar surface area (TPSA) is 129 Å². The Labute approximate surface area is 143 Å². The van der Waals surface area contributed by atoms with Gasteiger partial charge in [0.05, 0.1) is 0 Å². The number of carbonyl (C=O) groups excluding carboxylic acids is 1. The number of rotatable bonds is 4. The van der Waals surface area contributed by atoms with Gasteiger partial charge in [0.25, 0.3) is 5.56 Å². The summed E-state index contributed by atoms with van der Waals surface area (Å²) < 4.78 is 16.8. The minimum Gasteiger partial charge on any atom is -0.431 e. The number of aromatic amines is 1. The Bertz CT molecular complexity index is 732. The fourth-order valence-electron chi connectivity index (χ4n) is 2.36. The molecule has 1 saturated heterocycles. The molecule has 2 heterocycles. The van der Waals surface area contributed by atoms with Gasteiger partial charge in [0, 0.05) is 18.2 Å². The van der Waals surface area contributed by atoms with Crippen molar-refractivity contribution < 1.29 is 29.1 Å². The summed E-state index contributed by atoms with van der Waals surface area (Å²) in [5, 5.41) is 9.02. The van der Waals surface area contributed by atoms with E-state index in [9.17, 15) is 14.4 Å². The van der Waals surface area contributed by atoms with Crippen LogP contribution in [0.5, 0.6) is 0 Å². The zero-order valence-corrected chi connectivity index (χ0v) is 14.5. The molecule has 1 unspecified atom stereocenters. The van der Waals surface area contributed by atoms with Gasteiger partial charge in [-0.25, -0.2) is 14.5 Å². The van der Waals surface area contributed by atoms with Gasteiger partial charge in [0.1, 0.15) is 30.6 Å². The third-order valence-corrected chi connectivity index (χ3v) is 3.53. The van der Waals surface area contributed by atoms with E-state index in [-0.39, 0.29) is 13.0 Å². The SMILES string of the molecule is Cc1cn([C@H]2CC(OO)[C@@H](COC(=O)OC(C)(C)C)O2)c(=O)[nH]c1=O. The van der Waals surface area contributed by atoms with Gasteiger partial charge >= 0.3 is 11.8 Å². The maximum Gasteiger partial charge on any atom is 0.508 e. The molecule has 1 fully saturated rings. The summed E-state index contributed by atoms with van der Waals surface area (Å²) in [6, 6.07) is 0. The minimum atomic E-state index is -0.881. The predicted molar refractivity (Wildman–Crippen MR) is 84.3 cm³/mol. The van der Waals surface area contributed by atoms with E-state index in [1.54, 1.807) is 27.7 Å². The van der Waals surface area contributed by atoms with E-state index in [4.69, 9.17) is 19.5 Å². The van der Waals surface area contributed by atoms with Gasteiger partial charge in [-0.2, -0.15) is 0 Å². The van der Waals surface area contributed by atoms with Crippen molar-refractivity contribution >= 4 is 6.16 Å². The third-order valence-electron chi connectivity index (χ3n) is 3.53. The van der Waals surface area contributed by atoms with Crippen molar-refractivity contribution in [1.29, 1.82) is 0 Å². The molecule has 0 bridgehead atoms. The van der Waals surface area contributed by atoms with Crippen molar-refractivity contribution in [3.05, 3.63) is 32.6 Å². The highest BCUT2D eigenvalue weighted by Gasteiger charge is 2.39. The monoisotopic (exact) mass is 358 g/mol. The average Bonchev–Trinajstić information content (AvgIpc) is 2.90. The van der Waals surface area contributed by atoms with E-state index in [1.807, 2.05) is 0 Å². The summed E-state index contributed by atoms with van der Waals surface area (Å²) >= 11 is 0. The second kappa shape index (κ2) is 7.38. The molecule has 0 saturated carbocycles. The summed E-state index contributed by atoms with van der Waals surface area (Å²) in [4.78, 5) is 41.5. The number of ether oxygens (including phenoxy) is 3. The molecule has 0 amide bonds. The molecular formula is C15H22N2O8. The van der Waals surface area contributed by atoms with Crippen LogP contribution in [0.3, 0.4) is 0 Å². The zero-order chi connectivity index (χ0) is 18.8. The fourth-order valence-corrected chi connectivity index (χ4v) is 2.36. The Kier molecular flexibility index (Phi) is 5.65. The molecule has 1 aliphatic heterocycles. The van der Waals surface area contributed by atoms with Crippen LogP contribution < -0.4 is 11.2 Å². The number of carbonyl (C=O) groups is 1. The van der Waals surface area contributed by atoms with Crippen molar-refractivity contribution in [1.82, 2.24) is 9.55 Å². The molecule has 1 aromatic heterocycles. The van der Waals surface area contributed by atoms with Gasteiger partial charge in [0.2, 0.25) is 0 Å². The lowest BCUT2D eigenvalue weighted by Crippen LogP contribution is -2.34. The summed E-state index contributed by atoms with van der Waals surface area (Å²) in [6.07, 6.45) is -1.80. The van der Waals surface area contributed by atoms with Crippen LogP contribution in [-0.4, -0.2) is 45.4 Å². The normalized spacial score (nSPS) is 23.5. The van der Waals surface area contributed by atoms with Gasteiger partial charge in [-0.15, -0.1) is 0 Å². The summed E-state index contributed by atoms with van der Waals surface area (Å²) in [6.45, 7) is 6.41. The first-order valence-electron chi connectivity index (χ1n) is 7.74. The largest absolute Gasteiger partial charge is 0.508 e. The smallest absolute Gasteiger partial charge is 0.431 e. The standard InChI is InChI=1S/C15H22N2O8/c1-8-6-17(13(19)16-12(8)18)11-5-9(25-21)10(23-11)7-22-14(20)24-15(2,3)4/h6,9-11,21H,5,7H2,1-4H3,(H,16,18,19)/t9?,10-,11-/m1/s1. The average molecular weight is 358 g/mol. The predicted octanol–water partition coefficient (Wildman–Crippen LogP) is 0.942. The van der Waals surface area contributed by atoms with Crippen LogP contribution in [0.4, 0.5) is 4.79 Å². The number of nitrogens with zero attached hydrogens (tertiary/aromatic N) is 1. The van der Waals surface area contributed by atoms with Gasteiger partial charge in [-0.1, -0.05) is 0 Å². The molecule has 0 spiro atoms. The number of aryl methyl sites for hydroxylation is 1. The van der Waals surface area contributed by atoms with Gasteiger partial charge in [0.15, 0.2) is 0 Å². The van der Waals surface area contributed by atoms with Crippen LogP contribution in [0, 0.1) is 6.92 Å². The molecule has 140 valence electrons. The quantitative estimate of drug-likeness (QED) is 0.462. The van der Waals surface area contributed by atoms with Crippen LogP contribution in [0.15, 0.2) is 15.8 Å². The van der Waals surface area contributed by atoms with Crippen molar-refractivity contribution in [2.24, 2.45) is 0 Å². The maximum atomic E-state index is 11.9. The number of H-pyrrole nitrogens is 1. The second-order valence-electron chi connectivity index (χ2n) is 6.76. The van der Waals surface area contributed by atoms with Crippen molar-refractivity contribution in [2.45, 2.75) is 58.2 Å². The van der Waals surface area contributed by atoms with E-state index >= 15 is 0 Å². The lowest BCUT2D eigenvalue weighted by atomic mass is 10.2. The van der Waals surface area contributed by atoms with E-state index < -0.39 is 41.4 Å². The Hall–Kier alpha value is -2.17. The number of hydrogen-bond donors (Lipinski definition) is 2. The number of aromatic nitrogens is 2. The maximum absolute atomic E-state index is 11.9. The number of nitrogens with one attached hydrogen (secondary N) is 1. The van der Waals surface area contributed by atoms with Crippen LogP contribution in [0.25, 0.3) is 0 Å². The zero-order valence-electron chi connectivity index (χ0n) is 14.5.